The molecule has 3 aromatic rings. The van der Waals surface area contributed by atoms with Gasteiger partial charge in [-0.05, 0) is 36.4 Å². The molecule has 0 bridgehead atoms. The third kappa shape index (κ3) is 5.14. The molecule has 0 radical (unpaired) electrons. The Labute approximate surface area is 173 Å². The number of hydrogen-bond donors (Lipinski definition) is 0. The van der Waals surface area contributed by atoms with Crippen molar-refractivity contribution in [2.75, 3.05) is 0 Å². The summed E-state index contributed by atoms with van der Waals surface area (Å²) in [6.45, 7) is 0.0214. The van der Waals surface area contributed by atoms with E-state index >= 15 is 0 Å². The molecule has 10 heteroatoms. The minimum atomic E-state index is -3.96. The van der Waals surface area contributed by atoms with Gasteiger partial charge in [-0.1, -0.05) is 12.1 Å². The van der Waals surface area contributed by atoms with Gasteiger partial charge in [0.2, 0.25) is 10.0 Å². The van der Waals surface area contributed by atoms with Crippen LogP contribution in [0.25, 0.3) is 0 Å². The summed E-state index contributed by atoms with van der Waals surface area (Å²) in [4.78, 5) is 18.8. The highest BCUT2D eigenvalue weighted by molar-refractivity contribution is 7.89. The summed E-state index contributed by atoms with van der Waals surface area (Å²) >= 11 is 5.83. The number of rotatable bonds is 8. The van der Waals surface area contributed by atoms with Crippen LogP contribution >= 0.6 is 11.6 Å². The second kappa shape index (κ2) is 9.08. The van der Waals surface area contributed by atoms with Gasteiger partial charge in [0.25, 0.3) is 5.69 Å². The highest BCUT2D eigenvalue weighted by Gasteiger charge is 2.26. The molecule has 0 saturated heterocycles. The molecule has 0 N–H and O–H groups in total. The first-order valence-corrected chi connectivity index (χ1v) is 10.5. The lowest BCUT2D eigenvalue weighted by molar-refractivity contribution is -0.384. The monoisotopic (exact) mass is 432 g/mol. The Balaban J connectivity index is 1.97. The quantitative estimate of drug-likeness (QED) is 0.306. The summed E-state index contributed by atoms with van der Waals surface area (Å²) in [7, 11) is -3.96. The number of benzene rings is 1. The van der Waals surface area contributed by atoms with Crippen LogP contribution in [0.5, 0.6) is 0 Å². The van der Waals surface area contributed by atoms with E-state index in [-0.39, 0.29) is 29.6 Å². The number of aromatic nitrogens is 2. The molecule has 0 aliphatic carbocycles. The molecule has 0 aliphatic heterocycles. The zero-order chi connectivity index (χ0) is 20.9. The molecule has 2 aromatic heterocycles. The number of nitro benzene ring substituents is 1. The first-order chi connectivity index (χ1) is 13.9. The number of halogens is 1. The Morgan fingerprint density at radius 3 is 2.21 bits per heavy atom. The predicted molar refractivity (Wildman–Crippen MR) is 108 cm³/mol. The highest BCUT2D eigenvalue weighted by Crippen LogP contribution is 2.22. The molecular weight excluding hydrogens is 416 g/mol. The van der Waals surface area contributed by atoms with Crippen LogP contribution in [0.4, 0.5) is 5.69 Å². The Kier molecular flexibility index (Phi) is 6.53. The summed E-state index contributed by atoms with van der Waals surface area (Å²) in [5, 5.41) is 10.9. The first kappa shape index (κ1) is 20.8. The summed E-state index contributed by atoms with van der Waals surface area (Å²) in [6, 6.07) is 15.2. The minimum Gasteiger partial charge on any atom is -0.260 e. The van der Waals surface area contributed by atoms with Gasteiger partial charge in [-0.2, -0.15) is 4.31 Å². The Morgan fingerprint density at radius 2 is 1.59 bits per heavy atom. The van der Waals surface area contributed by atoms with Crippen LogP contribution in [0.3, 0.4) is 0 Å². The standard InChI is InChI=1S/C19H17ClN4O4S/c20-12-15-5-3-6-17(22-15)14-23(13-16-4-1-2-11-21-16)29(27,28)19-9-7-18(8-10-19)24(25)26/h1-11H,12-14H2. The van der Waals surface area contributed by atoms with Gasteiger partial charge in [-0.3, -0.25) is 20.1 Å². The molecule has 0 unspecified atom stereocenters. The number of alkyl halides is 1. The number of non-ortho nitro benzene ring substituents is 1. The summed E-state index contributed by atoms with van der Waals surface area (Å²) in [5.74, 6) is 0.211. The molecule has 0 amide bonds. The maximum Gasteiger partial charge on any atom is 0.269 e. The van der Waals surface area contributed by atoms with Gasteiger partial charge in [0.05, 0.1) is 45.9 Å². The normalized spacial score (nSPS) is 11.5. The van der Waals surface area contributed by atoms with Gasteiger partial charge in [-0.15, -0.1) is 11.6 Å². The summed E-state index contributed by atoms with van der Waals surface area (Å²) in [6.07, 6.45) is 1.58. The number of pyridine rings is 2. The van der Waals surface area contributed by atoms with Gasteiger partial charge >= 0.3 is 0 Å². The van der Waals surface area contributed by atoms with Crippen molar-refractivity contribution in [2.45, 2.75) is 23.9 Å². The lowest BCUT2D eigenvalue weighted by Gasteiger charge is -2.22. The number of hydrogen-bond acceptors (Lipinski definition) is 6. The molecule has 0 atom stereocenters. The fourth-order valence-corrected chi connectivity index (χ4v) is 4.19. The van der Waals surface area contributed by atoms with E-state index < -0.39 is 14.9 Å². The first-order valence-electron chi connectivity index (χ1n) is 8.55. The smallest absolute Gasteiger partial charge is 0.260 e. The zero-order valence-corrected chi connectivity index (χ0v) is 16.8. The topological polar surface area (TPSA) is 106 Å². The van der Waals surface area contributed by atoms with E-state index in [0.717, 1.165) is 12.1 Å². The van der Waals surface area contributed by atoms with Crippen LogP contribution in [0.15, 0.2) is 71.8 Å². The van der Waals surface area contributed by atoms with E-state index in [9.17, 15) is 18.5 Å². The Hall–Kier alpha value is -2.88. The van der Waals surface area contributed by atoms with Crippen molar-refractivity contribution in [3.8, 4) is 0 Å². The SMILES string of the molecule is O=[N+]([O-])c1ccc(S(=O)(=O)N(Cc2ccccn2)Cc2cccc(CCl)n2)cc1. The van der Waals surface area contributed by atoms with Crippen molar-refractivity contribution in [3.05, 3.63) is 94.1 Å². The molecule has 0 fully saturated rings. The van der Waals surface area contributed by atoms with Gasteiger partial charge in [0, 0.05) is 18.3 Å². The number of nitro groups is 1. The third-order valence-electron chi connectivity index (χ3n) is 4.09. The van der Waals surface area contributed by atoms with Crippen LogP contribution in [0.2, 0.25) is 0 Å². The molecule has 3 rings (SSSR count). The maximum atomic E-state index is 13.3. The number of nitrogens with zero attached hydrogens (tertiary/aromatic N) is 4. The molecule has 1 aromatic carbocycles. The van der Waals surface area contributed by atoms with Crippen molar-refractivity contribution < 1.29 is 13.3 Å². The second-order valence-corrected chi connectivity index (χ2v) is 8.30. The van der Waals surface area contributed by atoms with Crippen molar-refractivity contribution in [3.63, 3.8) is 0 Å². The van der Waals surface area contributed by atoms with Gasteiger partial charge in [0.15, 0.2) is 0 Å². The summed E-state index contributed by atoms with van der Waals surface area (Å²) < 4.78 is 27.7. The van der Waals surface area contributed by atoms with E-state index in [1.54, 1.807) is 42.6 Å². The lowest BCUT2D eigenvalue weighted by atomic mass is 10.3. The fraction of sp³-hybridized carbons (Fsp3) is 0.158. The molecule has 0 saturated carbocycles. The molecule has 29 heavy (non-hydrogen) atoms. The van der Waals surface area contributed by atoms with E-state index in [1.165, 1.54) is 16.4 Å². The fourth-order valence-electron chi connectivity index (χ4n) is 2.66. The third-order valence-corrected chi connectivity index (χ3v) is 6.17. The van der Waals surface area contributed by atoms with E-state index in [2.05, 4.69) is 9.97 Å². The molecule has 2 heterocycles. The average molecular weight is 433 g/mol. The lowest BCUT2D eigenvalue weighted by Crippen LogP contribution is -2.31. The van der Waals surface area contributed by atoms with Crippen LogP contribution in [-0.4, -0.2) is 27.6 Å². The van der Waals surface area contributed by atoms with E-state index in [1.807, 2.05) is 0 Å². The average Bonchev–Trinajstić information content (AvgIpc) is 2.74. The van der Waals surface area contributed by atoms with Gasteiger partial charge < -0.3 is 0 Å². The molecular formula is C19H17ClN4O4S. The second-order valence-electron chi connectivity index (χ2n) is 6.10. The Morgan fingerprint density at radius 1 is 0.931 bits per heavy atom. The van der Waals surface area contributed by atoms with Gasteiger partial charge in [-0.25, -0.2) is 8.42 Å². The van der Waals surface area contributed by atoms with Gasteiger partial charge in [0.1, 0.15) is 0 Å². The minimum absolute atomic E-state index is 0.000619. The van der Waals surface area contributed by atoms with Crippen molar-refractivity contribution in [2.24, 2.45) is 0 Å². The maximum absolute atomic E-state index is 13.3. The van der Waals surface area contributed by atoms with E-state index in [4.69, 9.17) is 11.6 Å². The predicted octanol–water partition coefficient (Wildman–Crippen LogP) is 3.51. The highest BCUT2D eigenvalue weighted by atomic mass is 35.5. The van der Waals surface area contributed by atoms with E-state index in [0.29, 0.717) is 17.1 Å². The van der Waals surface area contributed by atoms with Crippen molar-refractivity contribution in [1.82, 2.24) is 14.3 Å². The molecule has 0 aliphatic rings. The molecule has 150 valence electrons. The number of sulfonamides is 1. The largest absolute Gasteiger partial charge is 0.269 e. The van der Waals surface area contributed by atoms with Crippen LogP contribution < -0.4 is 0 Å². The molecule has 8 nitrogen and oxygen atoms in total. The molecule has 0 spiro atoms. The van der Waals surface area contributed by atoms with Crippen LogP contribution in [0.1, 0.15) is 17.1 Å². The van der Waals surface area contributed by atoms with Crippen LogP contribution in [-0.2, 0) is 29.0 Å². The van der Waals surface area contributed by atoms with Crippen molar-refractivity contribution >= 4 is 27.3 Å². The van der Waals surface area contributed by atoms with Crippen LogP contribution in [0, 0.1) is 10.1 Å². The Bertz CT molecular complexity index is 1090. The zero-order valence-electron chi connectivity index (χ0n) is 15.2. The van der Waals surface area contributed by atoms with Crippen molar-refractivity contribution in [1.29, 1.82) is 0 Å². The summed E-state index contributed by atoms with van der Waals surface area (Å²) in [5.41, 5.74) is 1.54.